The fraction of sp³-hybridized carbons (Fsp3) is 0.136. The van der Waals surface area contributed by atoms with Crippen molar-refractivity contribution in [1.82, 2.24) is 9.97 Å². The van der Waals surface area contributed by atoms with Gasteiger partial charge in [0.05, 0.1) is 28.9 Å². The molecule has 7 nitrogen and oxygen atoms in total. The van der Waals surface area contributed by atoms with Crippen LogP contribution in [-0.4, -0.2) is 37.7 Å². The lowest BCUT2D eigenvalue weighted by molar-refractivity contribution is 0.0984. The maximum absolute atomic E-state index is 13.4. The lowest BCUT2D eigenvalue weighted by Crippen LogP contribution is -2.30. The van der Waals surface area contributed by atoms with Crippen LogP contribution in [0.2, 0.25) is 0 Å². The van der Waals surface area contributed by atoms with Crippen LogP contribution in [0.4, 0.5) is 5.13 Å². The van der Waals surface area contributed by atoms with E-state index < -0.39 is 9.84 Å². The van der Waals surface area contributed by atoms with Crippen LogP contribution >= 0.6 is 11.3 Å². The van der Waals surface area contributed by atoms with Gasteiger partial charge in [0.2, 0.25) is 0 Å². The minimum absolute atomic E-state index is 0.157. The molecule has 0 saturated carbocycles. The van der Waals surface area contributed by atoms with Crippen LogP contribution < -0.4 is 9.64 Å². The van der Waals surface area contributed by atoms with E-state index in [4.69, 9.17) is 4.74 Å². The molecule has 0 saturated heterocycles. The Morgan fingerprint density at radius 3 is 2.48 bits per heavy atom. The molecule has 0 spiro atoms. The number of para-hydroxylation sites is 1. The van der Waals surface area contributed by atoms with Gasteiger partial charge in [0.15, 0.2) is 15.0 Å². The number of fused-ring (bicyclic) bond motifs is 1. The largest absolute Gasteiger partial charge is 0.494 e. The van der Waals surface area contributed by atoms with Crippen molar-refractivity contribution in [3.05, 3.63) is 78.1 Å². The first-order valence-electron chi connectivity index (χ1n) is 9.32. The van der Waals surface area contributed by atoms with E-state index in [1.165, 1.54) is 35.6 Å². The van der Waals surface area contributed by atoms with Crippen LogP contribution in [0.5, 0.6) is 5.75 Å². The number of carbonyl (C=O) groups is 1. The Bertz CT molecular complexity index is 1330. The van der Waals surface area contributed by atoms with Gasteiger partial charge in [-0.1, -0.05) is 23.5 Å². The van der Waals surface area contributed by atoms with Gasteiger partial charge < -0.3 is 4.74 Å². The van der Waals surface area contributed by atoms with Crippen molar-refractivity contribution in [2.75, 3.05) is 18.3 Å². The third-order valence-electron chi connectivity index (χ3n) is 4.64. The molecule has 2 aromatic carbocycles. The zero-order valence-corrected chi connectivity index (χ0v) is 18.5. The molecule has 0 radical (unpaired) electrons. The van der Waals surface area contributed by atoms with Crippen molar-refractivity contribution in [3.63, 3.8) is 0 Å². The van der Waals surface area contributed by atoms with Crippen LogP contribution in [0, 0.1) is 0 Å². The standard InChI is InChI=1S/C22H19N3O4S2/c1-29-18-7-5-8-19-20(18)24-22(30-19)25(14-16-6-3-4-13-23-16)21(26)15-9-11-17(12-10-15)31(2,27)28/h3-13H,14H2,1-2H3. The molecular weight excluding hydrogens is 434 g/mol. The van der Waals surface area contributed by atoms with Gasteiger partial charge in [0, 0.05) is 18.0 Å². The molecule has 158 valence electrons. The van der Waals surface area contributed by atoms with Crippen molar-refractivity contribution in [2.24, 2.45) is 0 Å². The quantitative estimate of drug-likeness (QED) is 0.439. The summed E-state index contributed by atoms with van der Waals surface area (Å²) in [6, 6.07) is 17.0. The first kappa shape index (κ1) is 21.0. The lowest BCUT2D eigenvalue weighted by Gasteiger charge is -2.19. The first-order chi connectivity index (χ1) is 14.9. The molecule has 4 rings (SSSR count). The molecule has 2 aromatic heterocycles. The van der Waals surface area contributed by atoms with Gasteiger partial charge in [-0.2, -0.15) is 0 Å². The molecule has 0 fully saturated rings. The summed E-state index contributed by atoms with van der Waals surface area (Å²) in [5.41, 5.74) is 1.74. The van der Waals surface area contributed by atoms with Crippen molar-refractivity contribution >= 4 is 42.4 Å². The van der Waals surface area contributed by atoms with Crippen LogP contribution in [0.25, 0.3) is 10.2 Å². The Hall–Kier alpha value is -3.30. The minimum atomic E-state index is -3.35. The van der Waals surface area contributed by atoms with E-state index in [0.29, 0.717) is 27.7 Å². The molecule has 0 aliphatic rings. The number of amides is 1. The third kappa shape index (κ3) is 4.42. The summed E-state index contributed by atoms with van der Waals surface area (Å²) in [6.45, 7) is 0.218. The van der Waals surface area contributed by atoms with Gasteiger partial charge in [0.25, 0.3) is 5.91 Å². The number of pyridine rings is 1. The number of anilines is 1. The van der Waals surface area contributed by atoms with E-state index in [-0.39, 0.29) is 17.3 Å². The van der Waals surface area contributed by atoms with E-state index in [2.05, 4.69) is 9.97 Å². The average molecular weight is 454 g/mol. The summed E-state index contributed by atoms with van der Waals surface area (Å²) < 4.78 is 29.8. The maximum Gasteiger partial charge on any atom is 0.260 e. The zero-order chi connectivity index (χ0) is 22.0. The number of hydrogen-bond acceptors (Lipinski definition) is 7. The van der Waals surface area contributed by atoms with Crippen LogP contribution in [0.3, 0.4) is 0 Å². The smallest absolute Gasteiger partial charge is 0.260 e. The first-order valence-corrected chi connectivity index (χ1v) is 12.0. The lowest BCUT2D eigenvalue weighted by atomic mass is 10.2. The molecule has 9 heteroatoms. The highest BCUT2D eigenvalue weighted by Crippen LogP contribution is 2.35. The van der Waals surface area contributed by atoms with Gasteiger partial charge in [0.1, 0.15) is 11.3 Å². The SMILES string of the molecule is COc1cccc2sc(N(Cc3ccccn3)C(=O)c3ccc(S(C)(=O)=O)cc3)nc12. The second-order valence-electron chi connectivity index (χ2n) is 6.81. The monoisotopic (exact) mass is 453 g/mol. The number of thiazole rings is 1. The summed E-state index contributed by atoms with van der Waals surface area (Å²) in [7, 11) is -1.77. The van der Waals surface area contributed by atoms with Gasteiger partial charge >= 0.3 is 0 Å². The van der Waals surface area contributed by atoms with Gasteiger partial charge in [-0.05, 0) is 48.5 Å². The fourth-order valence-corrected chi connectivity index (χ4v) is 4.68. The van der Waals surface area contributed by atoms with Crippen molar-refractivity contribution < 1.29 is 17.9 Å². The molecule has 0 unspecified atom stereocenters. The number of methoxy groups -OCH3 is 1. The Kier molecular flexibility index (Phi) is 5.71. The summed E-state index contributed by atoms with van der Waals surface area (Å²) >= 11 is 1.37. The minimum Gasteiger partial charge on any atom is -0.494 e. The third-order valence-corrected chi connectivity index (χ3v) is 6.81. The topological polar surface area (TPSA) is 89.5 Å². The predicted molar refractivity (Wildman–Crippen MR) is 120 cm³/mol. The number of hydrogen-bond donors (Lipinski definition) is 0. The van der Waals surface area contributed by atoms with Crippen LogP contribution in [0.15, 0.2) is 71.8 Å². The van der Waals surface area contributed by atoms with E-state index in [1.54, 1.807) is 18.2 Å². The molecule has 0 aliphatic carbocycles. The highest BCUT2D eigenvalue weighted by atomic mass is 32.2. The second kappa shape index (κ2) is 8.44. The molecule has 1 amide bonds. The fourth-order valence-electron chi connectivity index (χ4n) is 3.07. The van der Waals surface area contributed by atoms with Crippen molar-refractivity contribution in [3.8, 4) is 5.75 Å². The number of sulfone groups is 1. The van der Waals surface area contributed by atoms with E-state index >= 15 is 0 Å². The van der Waals surface area contributed by atoms with Crippen LogP contribution in [0.1, 0.15) is 16.1 Å². The predicted octanol–water partition coefficient (Wildman–Crippen LogP) is 3.95. The summed E-state index contributed by atoms with van der Waals surface area (Å²) in [4.78, 5) is 24.1. The normalized spacial score (nSPS) is 11.4. The number of rotatable bonds is 6. The Morgan fingerprint density at radius 2 is 1.84 bits per heavy atom. The van der Waals surface area contributed by atoms with Crippen LogP contribution in [-0.2, 0) is 16.4 Å². The summed E-state index contributed by atoms with van der Waals surface area (Å²) in [5.74, 6) is 0.325. The highest BCUT2D eigenvalue weighted by molar-refractivity contribution is 7.90. The Balaban J connectivity index is 1.77. The second-order valence-corrected chi connectivity index (χ2v) is 9.84. The highest BCUT2D eigenvalue weighted by Gasteiger charge is 2.23. The zero-order valence-electron chi connectivity index (χ0n) is 16.8. The molecule has 4 aromatic rings. The van der Waals surface area contributed by atoms with Gasteiger partial charge in [-0.15, -0.1) is 0 Å². The van der Waals surface area contributed by atoms with Crippen molar-refractivity contribution in [2.45, 2.75) is 11.4 Å². The summed E-state index contributed by atoms with van der Waals surface area (Å²) in [5, 5.41) is 0.502. The summed E-state index contributed by atoms with van der Waals surface area (Å²) in [6.07, 6.45) is 2.80. The number of benzene rings is 2. The Labute approximate surface area is 183 Å². The molecular formula is C22H19N3O4S2. The van der Waals surface area contributed by atoms with Gasteiger partial charge in [-0.3, -0.25) is 14.7 Å². The molecule has 0 N–H and O–H groups in total. The van der Waals surface area contributed by atoms with Gasteiger partial charge in [-0.25, -0.2) is 13.4 Å². The maximum atomic E-state index is 13.4. The van der Waals surface area contributed by atoms with E-state index in [0.717, 1.165) is 11.0 Å². The molecule has 0 atom stereocenters. The van der Waals surface area contributed by atoms with E-state index in [9.17, 15) is 13.2 Å². The molecule has 2 heterocycles. The number of carbonyl (C=O) groups excluding carboxylic acids is 1. The number of nitrogens with zero attached hydrogens (tertiary/aromatic N) is 3. The molecule has 0 aliphatic heterocycles. The van der Waals surface area contributed by atoms with E-state index in [1.807, 2.05) is 36.4 Å². The van der Waals surface area contributed by atoms with Crippen molar-refractivity contribution in [1.29, 1.82) is 0 Å². The Morgan fingerprint density at radius 1 is 1.06 bits per heavy atom. The molecule has 31 heavy (non-hydrogen) atoms. The number of aromatic nitrogens is 2. The number of ether oxygens (including phenoxy) is 1. The molecule has 0 bridgehead atoms. The average Bonchev–Trinajstić information content (AvgIpc) is 3.21.